The van der Waals surface area contributed by atoms with Crippen LogP contribution in [0.2, 0.25) is 5.15 Å². The molecule has 1 aromatic heterocycles. The second-order valence-corrected chi connectivity index (χ2v) is 4.79. The van der Waals surface area contributed by atoms with E-state index in [0.717, 1.165) is 0 Å². The van der Waals surface area contributed by atoms with Crippen molar-refractivity contribution in [1.82, 2.24) is 4.98 Å². The van der Waals surface area contributed by atoms with E-state index in [0.29, 0.717) is 17.1 Å². The molecule has 0 aliphatic carbocycles. The van der Waals surface area contributed by atoms with Gasteiger partial charge in [0.15, 0.2) is 0 Å². The minimum Gasteiger partial charge on any atom is -0.506 e. The van der Waals surface area contributed by atoms with E-state index in [-0.39, 0.29) is 16.8 Å². The zero-order chi connectivity index (χ0) is 14.7. The fraction of sp³-hybridized carbons (Fsp3) is 0.143. The lowest BCUT2D eigenvalue weighted by Gasteiger charge is -2.13. The number of aromatic hydroxyl groups is 1. The average molecular weight is 292 g/mol. The van der Waals surface area contributed by atoms with Crippen LogP contribution >= 0.6 is 11.6 Å². The quantitative estimate of drug-likeness (QED) is 0.674. The Labute approximate surface area is 121 Å². The third kappa shape index (κ3) is 3.19. The number of anilines is 2. The monoisotopic (exact) mass is 291 g/mol. The number of phenols is 1. The van der Waals surface area contributed by atoms with Crippen LogP contribution in [-0.4, -0.2) is 30.1 Å². The van der Waals surface area contributed by atoms with Gasteiger partial charge in [-0.15, -0.1) is 0 Å². The molecule has 0 spiro atoms. The van der Waals surface area contributed by atoms with E-state index < -0.39 is 0 Å². The number of carbonyl (C=O) groups excluding carboxylic acids is 1. The summed E-state index contributed by atoms with van der Waals surface area (Å²) in [4.78, 5) is 18.0. The molecule has 20 heavy (non-hydrogen) atoms. The molecule has 6 heteroatoms. The minimum atomic E-state index is -0.362. The van der Waals surface area contributed by atoms with E-state index in [1.165, 1.54) is 12.1 Å². The minimum absolute atomic E-state index is 0.00818. The van der Waals surface area contributed by atoms with Crippen molar-refractivity contribution in [3.05, 3.63) is 47.1 Å². The number of amides is 1. The first-order valence-corrected chi connectivity index (χ1v) is 6.29. The van der Waals surface area contributed by atoms with Crippen molar-refractivity contribution in [3.8, 4) is 5.75 Å². The molecule has 0 bridgehead atoms. The second kappa shape index (κ2) is 5.79. The highest BCUT2D eigenvalue weighted by Crippen LogP contribution is 2.23. The van der Waals surface area contributed by atoms with Gasteiger partial charge in [-0.2, -0.15) is 0 Å². The SMILES string of the molecule is CN(C)c1cc(C(=O)Nc2ccccc2O)cc(Cl)n1. The van der Waals surface area contributed by atoms with Gasteiger partial charge in [0.25, 0.3) is 5.91 Å². The summed E-state index contributed by atoms with van der Waals surface area (Å²) in [5.74, 6) is 0.229. The number of hydrogen-bond acceptors (Lipinski definition) is 4. The number of hydrogen-bond donors (Lipinski definition) is 2. The number of para-hydroxylation sites is 2. The molecule has 0 radical (unpaired) electrons. The number of nitrogens with one attached hydrogen (secondary N) is 1. The summed E-state index contributed by atoms with van der Waals surface area (Å²) in [5.41, 5.74) is 0.716. The summed E-state index contributed by atoms with van der Waals surface area (Å²) in [6, 6.07) is 9.62. The summed E-state index contributed by atoms with van der Waals surface area (Å²) in [7, 11) is 3.62. The Bertz CT molecular complexity index is 644. The number of aromatic nitrogens is 1. The number of rotatable bonds is 3. The molecule has 104 valence electrons. The highest BCUT2D eigenvalue weighted by Gasteiger charge is 2.12. The van der Waals surface area contributed by atoms with E-state index >= 15 is 0 Å². The van der Waals surface area contributed by atoms with Gasteiger partial charge in [0.1, 0.15) is 16.7 Å². The first kappa shape index (κ1) is 14.1. The molecule has 2 N–H and O–H groups in total. The normalized spacial score (nSPS) is 10.2. The van der Waals surface area contributed by atoms with Crippen LogP contribution < -0.4 is 10.2 Å². The number of carbonyl (C=O) groups is 1. The van der Waals surface area contributed by atoms with Gasteiger partial charge in [0, 0.05) is 19.7 Å². The summed E-state index contributed by atoms with van der Waals surface area (Å²) >= 11 is 5.91. The summed E-state index contributed by atoms with van der Waals surface area (Å²) in [6.07, 6.45) is 0. The van der Waals surface area contributed by atoms with Gasteiger partial charge in [0.2, 0.25) is 0 Å². The van der Waals surface area contributed by atoms with Crippen LogP contribution in [0, 0.1) is 0 Å². The third-order valence-electron chi connectivity index (χ3n) is 2.65. The number of halogens is 1. The van der Waals surface area contributed by atoms with Crippen LogP contribution in [0.1, 0.15) is 10.4 Å². The molecule has 1 amide bonds. The van der Waals surface area contributed by atoms with Crippen molar-refractivity contribution in [3.63, 3.8) is 0 Å². The molecule has 1 aromatic carbocycles. The molecule has 0 saturated carbocycles. The Kier molecular flexibility index (Phi) is 4.10. The fourth-order valence-electron chi connectivity index (χ4n) is 1.62. The van der Waals surface area contributed by atoms with Gasteiger partial charge in [-0.3, -0.25) is 4.79 Å². The van der Waals surface area contributed by atoms with Crippen LogP contribution in [0.4, 0.5) is 11.5 Å². The molecule has 0 atom stereocenters. The zero-order valence-electron chi connectivity index (χ0n) is 11.1. The van der Waals surface area contributed by atoms with E-state index in [1.807, 2.05) is 14.1 Å². The Morgan fingerprint density at radius 2 is 2.00 bits per heavy atom. The predicted octanol–water partition coefficient (Wildman–Crippen LogP) is 2.76. The standard InChI is InChI=1S/C14H14ClN3O2/c1-18(2)13-8-9(7-12(15)17-13)14(20)16-10-5-3-4-6-11(10)19/h3-8,19H,1-2H3,(H,16,20). The molecule has 1 heterocycles. The van der Waals surface area contributed by atoms with Crippen LogP contribution in [-0.2, 0) is 0 Å². The van der Waals surface area contributed by atoms with E-state index in [2.05, 4.69) is 10.3 Å². The largest absolute Gasteiger partial charge is 0.506 e. The lowest BCUT2D eigenvalue weighted by Crippen LogP contribution is -2.15. The fourth-order valence-corrected chi connectivity index (χ4v) is 1.82. The molecular weight excluding hydrogens is 278 g/mol. The Hall–Kier alpha value is -2.27. The van der Waals surface area contributed by atoms with Crippen LogP contribution in [0.3, 0.4) is 0 Å². The van der Waals surface area contributed by atoms with Crippen molar-refractivity contribution in [2.45, 2.75) is 0 Å². The highest BCUT2D eigenvalue weighted by atomic mass is 35.5. The molecule has 0 fully saturated rings. The van der Waals surface area contributed by atoms with Crippen molar-refractivity contribution < 1.29 is 9.90 Å². The van der Waals surface area contributed by atoms with Crippen LogP contribution in [0.15, 0.2) is 36.4 Å². The Morgan fingerprint density at radius 1 is 1.30 bits per heavy atom. The van der Waals surface area contributed by atoms with Crippen molar-refractivity contribution >= 4 is 29.0 Å². The Balaban J connectivity index is 2.28. The maximum absolute atomic E-state index is 12.2. The first-order valence-electron chi connectivity index (χ1n) is 5.91. The number of benzene rings is 1. The average Bonchev–Trinajstić information content (AvgIpc) is 2.40. The number of phenolic OH excluding ortho intramolecular Hbond substituents is 1. The third-order valence-corrected chi connectivity index (χ3v) is 2.85. The molecule has 2 rings (SSSR count). The summed E-state index contributed by atoms with van der Waals surface area (Å²) in [5, 5.41) is 12.5. The number of pyridine rings is 1. The zero-order valence-corrected chi connectivity index (χ0v) is 11.8. The van der Waals surface area contributed by atoms with Crippen molar-refractivity contribution in [2.24, 2.45) is 0 Å². The number of nitrogens with zero attached hydrogens (tertiary/aromatic N) is 2. The molecule has 2 aromatic rings. The lowest BCUT2D eigenvalue weighted by atomic mass is 10.2. The maximum Gasteiger partial charge on any atom is 0.256 e. The Morgan fingerprint density at radius 3 is 2.65 bits per heavy atom. The van der Waals surface area contributed by atoms with Crippen molar-refractivity contribution in [2.75, 3.05) is 24.3 Å². The molecule has 0 unspecified atom stereocenters. The molecule has 0 aliphatic heterocycles. The topological polar surface area (TPSA) is 65.5 Å². The van der Waals surface area contributed by atoms with Gasteiger partial charge in [-0.25, -0.2) is 4.98 Å². The van der Waals surface area contributed by atoms with Gasteiger partial charge >= 0.3 is 0 Å². The molecule has 0 aliphatic rings. The van der Waals surface area contributed by atoms with Crippen LogP contribution in [0.5, 0.6) is 5.75 Å². The van der Waals surface area contributed by atoms with Gasteiger partial charge < -0.3 is 15.3 Å². The van der Waals surface area contributed by atoms with E-state index in [1.54, 1.807) is 29.2 Å². The van der Waals surface area contributed by atoms with Gasteiger partial charge in [-0.1, -0.05) is 23.7 Å². The smallest absolute Gasteiger partial charge is 0.256 e. The first-order chi connectivity index (χ1) is 9.47. The van der Waals surface area contributed by atoms with Crippen LogP contribution in [0.25, 0.3) is 0 Å². The summed E-state index contributed by atoms with van der Waals surface area (Å²) in [6.45, 7) is 0. The molecule has 0 saturated heterocycles. The molecular formula is C14H14ClN3O2. The van der Waals surface area contributed by atoms with Gasteiger partial charge in [0.05, 0.1) is 5.69 Å². The molecule has 5 nitrogen and oxygen atoms in total. The predicted molar refractivity (Wildman–Crippen MR) is 79.6 cm³/mol. The van der Waals surface area contributed by atoms with E-state index in [4.69, 9.17) is 11.6 Å². The lowest BCUT2D eigenvalue weighted by molar-refractivity contribution is 0.102. The maximum atomic E-state index is 12.2. The van der Waals surface area contributed by atoms with E-state index in [9.17, 15) is 9.90 Å². The summed E-state index contributed by atoms with van der Waals surface area (Å²) < 4.78 is 0. The van der Waals surface area contributed by atoms with Crippen molar-refractivity contribution in [1.29, 1.82) is 0 Å². The highest BCUT2D eigenvalue weighted by molar-refractivity contribution is 6.30. The second-order valence-electron chi connectivity index (χ2n) is 4.40. The van der Waals surface area contributed by atoms with Gasteiger partial charge in [-0.05, 0) is 24.3 Å².